The van der Waals surface area contributed by atoms with Crippen molar-refractivity contribution in [3.05, 3.63) is 65.7 Å². The van der Waals surface area contributed by atoms with Crippen LogP contribution < -0.4 is 24.8 Å². The Morgan fingerprint density at radius 1 is 0.854 bits per heavy atom. The van der Waals surface area contributed by atoms with E-state index in [0.29, 0.717) is 46.7 Å². The molecule has 0 unspecified atom stereocenters. The minimum absolute atomic E-state index is 0.261. The number of nitrogens with one attached hydrogen (secondary N) is 2. The first kappa shape index (κ1) is 35.8. The zero-order valence-corrected chi connectivity index (χ0v) is 25.8. The maximum atomic E-state index is 10.3. The van der Waals surface area contributed by atoms with E-state index in [4.69, 9.17) is 39.9 Å². The normalized spacial score (nSPS) is 10.4. The van der Waals surface area contributed by atoms with Crippen molar-refractivity contribution in [1.82, 2.24) is 9.97 Å². The van der Waals surface area contributed by atoms with Crippen LogP contribution in [-0.4, -0.2) is 74.7 Å². The third-order valence-corrected chi connectivity index (χ3v) is 6.39. The van der Waals surface area contributed by atoms with E-state index in [1.54, 1.807) is 61.7 Å². The lowest BCUT2D eigenvalue weighted by atomic mass is 9.96. The highest BCUT2D eigenvalue weighted by molar-refractivity contribution is 5.94. The number of nitrogens with zero attached hydrogens (tertiary/aromatic N) is 4. The Morgan fingerprint density at radius 2 is 1.48 bits per heavy atom. The maximum Gasteiger partial charge on any atom is 0.336 e. The molecular weight excluding hydrogens is 628 g/mol. The third kappa shape index (κ3) is 9.19. The van der Waals surface area contributed by atoms with E-state index < -0.39 is 36.4 Å². The molecule has 1 aromatic heterocycles. The van der Waals surface area contributed by atoms with Crippen molar-refractivity contribution in [3.8, 4) is 35.3 Å². The Kier molecular flexibility index (Phi) is 12.0. The molecule has 0 aliphatic rings. The summed E-state index contributed by atoms with van der Waals surface area (Å²) < 4.78 is 17.5. The molecule has 4 aromatic rings. The van der Waals surface area contributed by atoms with Crippen LogP contribution >= 0.6 is 0 Å². The molecule has 0 spiro atoms. The number of fused-ring (bicyclic) bond motifs is 1. The molecule has 16 nitrogen and oxygen atoms in total. The van der Waals surface area contributed by atoms with Gasteiger partial charge in [-0.1, -0.05) is 0 Å². The summed E-state index contributed by atoms with van der Waals surface area (Å²) in [7, 11) is 3.07. The molecule has 3 aromatic carbocycles. The molecule has 0 bridgehead atoms. The molecule has 0 aliphatic heterocycles. The standard InChI is InChI=1S/C26H22N6O3.C6H8O7/c1-4-29-22-13-23(32-26(31-22)30-19-8-5-16(14-27)6-9-19)35-25-21(33-2)12-18-11-17(15-28)7-10-20(18)24(25)34-3;7-3(8)1-6(13,5(11)12)2-4(9)10/h5-13H,4H2,1-3H3,(H2,29,30,31,32);13H,1-2H2,(H,7,8)(H,9,10)(H,11,12). The molecular formula is C32H30N6O10. The number of carboxylic acids is 3. The van der Waals surface area contributed by atoms with E-state index in [1.165, 1.54) is 7.11 Å². The molecule has 16 heteroatoms. The number of hydrogen-bond acceptors (Lipinski definition) is 13. The predicted octanol–water partition coefficient (Wildman–Crippen LogP) is 4.11. The van der Waals surface area contributed by atoms with Crippen LogP contribution in [0.15, 0.2) is 54.6 Å². The van der Waals surface area contributed by atoms with Gasteiger partial charge in [-0.05, 0) is 60.8 Å². The molecule has 0 atom stereocenters. The van der Waals surface area contributed by atoms with Crippen molar-refractivity contribution in [3.63, 3.8) is 0 Å². The number of methoxy groups -OCH3 is 2. The average Bonchev–Trinajstić information content (AvgIpc) is 3.04. The van der Waals surface area contributed by atoms with E-state index in [9.17, 15) is 19.6 Å². The number of aliphatic carboxylic acids is 3. The fourth-order valence-electron chi connectivity index (χ4n) is 4.23. The molecule has 0 fully saturated rings. The molecule has 48 heavy (non-hydrogen) atoms. The number of nitriles is 2. The number of ether oxygens (including phenoxy) is 3. The number of aliphatic hydroxyl groups is 1. The first-order valence-corrected chi connectivity index (χ1v) is 13.9. The third-order valence-electron chi connectivity index (χ3n) is 6.39. The first-order chi connectivity index (χ1) is 22.9. The van der Waals surface area contributed by atoms with Crippen molar-refractivity contribution >= 4 is 46.1 Å². The van der Waals surface area contributed by atoms with Gasteiger partial charge in [0.25, 0.3) is 0 Å². The molecule has 6 N–H and O–H groups in total. The molecule has 0 radical (unpaired) electrons. The fourth-order valence-corrected chi connectivity index (χ4v) is 4.23. The van der Waals surface area contributed by atoms with Gasteiger partial charge in [0.1, 0.15) is 5.82 Å². The second-order valence-electron chi connectivity index (χ2n) is 9.83. The van der Waals surface area contributed by atoms with Crippen molar-refractivity contribution in [2.75, 3.05) is 31.4 Å². The topological polar surface area (TPSA) is 257 Å². The molecule has 1 heterocycles. The van der Waals surface area contributed by atoms with Gasteiger partial charge in [-0.15, -0.1) is 0 Å². The number of carboxylic acid groups (broad SMARTS) is 3. The van der Waals surface area contributed by atoms with Crippen LogP contribution in [0.5, 0.6) is 23.1 Å². The Labute approximate surface area is 273 Å². The monoisotopic (exact) mass is 658 g/mol. The van der Waals surface area contributed by atoms with Crippen LogP contribution in [-0.2, 0) is 14.4 Å². The summed E-state index contributed by atoms with van der Waals surface area (Å²) >= 11 is 0. The molecule has 4 rings (SSSR count). The predicted molar refractivity (Wildman–Crippen MR) is 170 cm³/mol. The van der Waals surface area contributed by atoms with Crippen molar-refractivity contribution in [2.45, 2.75) is 25.4 Å². The zero-order valence-electron chi connectivity index (χ0n) is 25.8. The summed E-state index contributed by atoms with van der Waals surface area (Å²) in [4.78, 5) is 39.5. The van der Waals surface area contributed by atoms with Crippen LogP contribution in [0, 0.1) is 22.7 Å². The smallest absolute Gasteiger partial charge is 0.336 e. The zero-order chi connectivity index (χ0) is 35.4. The van der Waals surface area contributed by atoms with Gasteiger partial charge in [-0.2, -0.15) is 20.5 Å². The van der Waals surface area contributed by atoms with Crippen LogP contribution in [0.3, 0.4) is 0 Å². The quantitative estimate of drug-likeness (QED) is 0.118. The second kappa shape index (κ2) is 16.1. The number of carbonyl (C=O) groups is 3. The summed E-state index contributed by atoms with van der Waals surface area (Å²) in [5.74, 6) is -2.67. The SMILES string of the molecule is CCNc1cc(Oc2c(OC)cc3cc(C#N)ccc3c2OC)nc(Nc2ccc(C#N)cc2)n1.O=C(O)CC(O)(CC(=O)O)C(=O)O. The lowest BCUT2D eigenvalue weighted by Crippen LogP contribution is -2.42. The van der Waals surface area contributed by atoms with Gasteiger partial charge in [0, 0.05) is 23.7 Å². The van der Waals surface area contributed by atoms with Crippen LogP contribution in [0.4, 0.5) is 17.5 Å². The summed E-state index contributed by atoms with van der Waals surface area (Å²) in [6.45, 7) is 2.61. The highest BCUT2D eigenvalue weighted by atomic mass is 16.5. The van der Waals surface area contributed by atoms with E-state index in [0.717, 1.165) is 16.5 Å². The molecule has 0 amide bonds. The number of rotatable bonds is 13. The molecule has 0 aliphatic carbocycles. The minimum atomic E-state index is -2.74. The lowest BCUT2D eigenvalue weighted by molar-refractivity contribution is -0.170. The summed E-state index contributed by atoms with van der Waals surface area (Å²) in [5, 5.41) is 59.9. The van der Waals surface area contributed by atoms with Crippen LogP contribution in [0.1, 0.15) is 30.9 Å². The Bertz CT molecular complexity index is 1890. The summed E-state index contributed by atoms with van der Waals surface area (Å²) in [5.41, 5.74) is -0.936. The largest absolute Gasteiger partial charge is 0.493 e. The van der Waals surface area contributed by atoms with E-state index in [2.05, 4.69) is 32.7 Å². The van der Waals surface area contributed by atoms with Gasteiger partial charge in [-0.3, -0.25) is 9.59 Å². The molecule has 0 saturated carbocycles. The number of benzene rings is 3. The summed E-state index contributed by atoms with van der Waals surface area (Å²) in [6.07, 6.45) is -2.29. The number of aromatic nitrogens is 2. The van der Waals surface area contributed by atoms with Gasteiger partial charge in [-0.25, -0.2) is 4.79 Å². The highest BCUT2D eigenvalue weighted by Gasteiger charge is 2.40. The van der Waals surface area contributed by atoms with Crippen LogP contribution in [0.2, 0.25) is 0 Å². The fraction of sp³-hybridized carbons (Fsp3) is 0.219. The number of anilines is 3. The van der Waals surface area contributed by atoms with Gasteiger partial charge < -0.3 is 45.3 Å². The van der Waals surface area contributed by atoms with E-state index >= 15 is 0 Å². The van der Waals surface area contributed by atoms with Gasteiger partial charge in [0.2, 0.25) is 17.6 Å². The minimum Gasteiger partial charge on any atom is -0.493 e. The van der Waals surface area contributed by atoms with Crippen molar-refractivity contribution in [2.24, 2.45) is 0 Å². The Hall–Kier alpha value is -6.65. The van der Waals surface area contributed by atoms with Crippen LogP contribution in [0.25, 0.3) is 10.8 Å². The highest BCUT2D eigenvalue weighted by Crippen LogP contribution is 2.45. The Balaban J connectivity index is 0.000000408. The number of hydrogen-bond donors (Lipinski definition) is 6. The van der Waals surface area contributed by atoms with Crippen molar-refractivity contribution < 1.29 is 49.0 Å². The van der Waals surface area contributed by atoms with Gasteiger partial charge >= 0.3 is 17.9 Å². The van der Waals surface area contributed by atoms with E-state index in [1.807, 2.05) is 6.92 Å². The Morgan fingerprint density at radius 3 is 2.00 bits per heavy atom. The molecule has 248 valence electrons. The summed E-state index contributed by atoms with van der Waals surface area (Å²) in [6, 6.07) is 19.9. The van der Waals surface area contributed by atoms with Gasteiger partial charge in [0.15, 0.2) is 17.1 Å². The second-order valence-corrected chi connectivity index (χ2v) is 9.83. The average molecular weight is 659 g/mol. The molecule has 0 saturated heterocycles. The lowest BCUT2D eigenvalue weighted by Gasteiger charge is -2.18. The first-order valence-electron chi connectivity index (χ1n) is 13.9. The van der Waals surface area contributed by atoms with Gasteiger partial charge in [0.05, 0.1) is 50.3 Å². The maximum absolute atomic E-state index is 10.3. The van der Waals surface area contributed by atoms with E-state index in [-0.39, 0.29) is 5.88 Å². The van der Waals surface area contributed by atoms with Crippen molar-refractivity contribution in [1.29, 1.82) is 10.5 Å².